The minimum atomic E-state index is 1.19. The molecule has 1 aliphatic rings. The Morgan fingerprint density at radius 3 is 2.14 bits per heavy atom. The Bertz CT molecular complexity index is 847. The van der Waals surface area contributed by atoms with E-state index in [4.69, 9.17) is 0 Å². The lowest BCUT2D eigenvalue weighted by Crippen LogP contribution is -2.11. The molecule has 0 radical (unpaired) electrons. The number of nitrogens with zero attached hydrogens (tertiary/aromatic N) is 1. The maximum Gasteiger partial charge on any atom is 0.0536 e. The number of benzene rings is 3. The number of anilines is 3. The Labute approximate surface area is 131 Å². The van der Waals surface area contributed by atoms with Crippen LogP contribution in [-0.4, -0.2) is 0 Å². The molecule has 0 unspecified atom stereocenters. The van der Waals surface area contributed by atoms with Gasteiger partial charge in [-0.05, 0) is 47.9 Å². The first-order chi connectivity index (χ1) is 10.8. The van der Waals surface area contributed by atoms with E-state index in [-0.39, 0.29) is 0 Å². The summed E-state index contributed by atoms with van der Waals surface area (Å²) < 4.78 is 0. The first-order valence-corrected chi connectivity index (χ1v) is 7.56. The Morgan fingerprint density at radius 2 is 1.32 bits per heavy atom. The monoisotopic (exact) mass is 283 g/mol. The van der Waals surface area contributed by atoms with Gasteiger partial charge in [-0.1, -0.05) is 60.7 Å². The fourth-order valence-electron chi connectivity index (χ4n) is 2.98. The first-order valence-electron chi connectivity index (χ1n) is 7.56. The second kappa shape index (κ2) is 5.19. The summed E-state index contributed by atoms with van der Waals surface area (Å²) >= 11 is 0. The van der Waals surface area contributed by atoms with E-state index in [2.05, 4.69) is 96.8 Å². The van der Waals surface area contributed by atoms with Crippen molar-refractivity contribution >= 4 is 29.2 Å². The number of aryl methyl sites for hydroxylation is 1. The van der Waals surface area contributed by atoms with E-state index < -0.39 is 0 Å². The summed E-state index contributed by atoms with van der Waals surface area (Å²) in [4.78, 5) is 2.34. The number of hydrogen-bond acceptors (Lipinski definition) is 1. The molecule has 0 saturated heterocycles. The Morgan fingerprint density at radius 1 is 0.636 bits per heavy atom. The van der Waals surface area contributed by atoms with E-state index in [1.807, 2.05) is 0 Å². The molecular weight excluding hydrogens is 266 g/mol. The van der Waals surface area contributed by atoms with Crippen molar-refractivity contribution in [1.82, 2.24) is 0 Å². The largest absolute Gasteiger partial charge is 0.309 e. The molecule has 0 aromatic heterocycles. The van der Waals surface area contributed by atoms with Gasteiger partial charge < -0.3 is 4.90 Å². The van der Waals surface area contributed by atoms with E-state index >= 15 is 0 Å². The van der Waals surface area contributed by atoms with Crippen LogP contribution in [0.15, 0.2) is 72.8 Å². The number of rotatable bonds is 1. The zero-order valence-electron chi connectivity index (χ0n) is 12.5. The lowest BCUT2D eigenvalue weighted by atomic mass is 10.1. The second-order valence-electron chi connectivity index (χ2n) is 5.63. The van der Waals surface area contributed by atoms with Crippen LogP contribution in [0.2, 0.25) is 0 Å². The second-order valence-corrected chi connectivity index (χ2v) is 5.63. The smallest absolute Gasteiger partial charge is 0.0536 e. The summed E-state index contributed by atoms with van der Waals surface area (Å²) in [5, 5.41) is 0. The molecule has 0 saturated carbocycles. The molecule has 1 nitrogen and oxygen atoms in total. The van der Waals surface area contributed by atoms with Crippen LogP contribution in [0.5, 0.6) is 0 Å². The van der Waals surface area contributed by atoms with Crippen LogP contribution in [0.4, 0.5) is 17.1 Å². The summed E-state index contributed by atoms with van der Waals surface area (Å²) in [7, 11) is 0. The molecule has 106 valence electrons. The molecule has 0 atom stereocenters. The fraction of sp³-hybridized carbons (Fsp3) is 0.0476. The van der Waals surface area contributed by atoms with Crippen molar-refractivity contribution in [2.75, 3.05) is 4.90 Å². The molecule has 1 heterocycles. The minimum absolute atomic E-state index is 1.19. The van der Waals surface area contributed by atoms with Crippen molar-refractivity contribution in [3.05, 3.63) is 89.5 Å². The van der Waals surface area contributed by atoms with Gasteiger partial charge >= 0.3 is 0 Å². The lowest BCUT2D eigenvalue weighted by molar-refractivity contribution is 1.26. The molecule has 1 aliphatic heterocycles. The van der Waals surface area contributed by atoms with Crippen molar-refractivity contribution in [2.45, 2.75) is 6.92 Å². The molecule has 0 bridgehead atoms. The zero-order valence-corrected chi connectivity index (χ0v) is 12.5. The maximum absolute atomic E-state index is 2.34. The quantitative estimate of drug-likeness (QED) is 0.417. The SMILES string of the molecule is Cc1ccc2c(c1)N(c1ccccc1)c1ccccc1C=C2. The number of hydrogen-bond donors (Lipinski definition) is 0. The van der Waals surface area contributed by atoms with Gasteiger partial charge in [0.25, 0.3) is 0 Å². The fourth-order valence-corrected chi connectivity index (χ4v) is 2.98. The third kappa shape index (κ3) is 2.11. The molecule has 3 aromatic carbocycles. The van der Waals surface area contributed by atoms with E-state index in [1.54, 1.807) is 0 Å². The predicted molar refractivity (Wildman–Crippen MR) is 94.8 cm³/mol. The van der Waals surface area contributed by atoms with Crippen molar-refractivity contribution in [3.8, 4) is 0 Å². The Kier molecular flexibility index (Phi) is 3.05. The first kappa shape index (κ1) is 12.9. The van der Waals surface area contributed by atoms with Crippen LogP contribution >= 0.6 is 0 Å². The van der Waals surface area contributed by atoms with E-state index in [1.165, 1.54) is 33.8 Å². The van der Waals surface area contributed by atoms with E-state index in [0.717, 1.165) is 0 Å². The zero-order chi connectivity index (χ0) is 14.9. The van der Waals surface area contributed by atoms with Gasteiger partial charge in [0.2, 0.25) is 0 Å². The summed E-state index contributed by atoms with van der Waals surface area (Å²) in [5.41, 5.74) is 7.38. The minimum Gasteiger partial charge on any atom is -0.309 e. The molecule has 0 amide bonds. The molecule has 0 spiro atoms. The lowest BCUT2D eigenvalue weighted by Gasteiger charge is -2.27. The van der Waals surface area contributed by atoms with Crippen LogP contribution in [0.3, 0.4) is 0 Å². The summed E-state index contributed by atoms with van der Waals surface area (Å²) in [5.74, 6) is 0. The molecule has 1 heteroatoms. The maximum atomic E-state index is 2.34. The highest BCUT2D eigenvalue weighted by Gasteiger charge is 2.19. The predicted octanol–water partition coefficient (Wildman–Crippen LogP) is 5.95. The molecule has 0 N–H and O–H groups in total. The molecule has 3 aromatic rings. The van der Waals surface area contributed by atoms with Gasteiger partial charge in [-0.25, -0.2) is 0 Å². The topological polar surface area (TPSA) is 3.24 Å². The molecular formula is C21H17N. The summed E-state index contributed by atoms with van der Waals surface area (Å²) in [6.45, 7) is 2.14. The van der Waals surface area contributed by atoms with Gasteiger partial charge in [0.05, 0.1) is 11.4 Å². The Hall–Kier alpha value is -2.80. The van der Waals surface area contributed by atoms with Crippen LogP contribution in [0.25, 0.3) is 12.2 Å². The van der Waals surface area contributed by atoms with Gasteiger partial charge in [-0.15, -0.1) is 0 Å². The average Bonchev–Trinajstić information content (AvgIpc) is 2.72. The van der Waals surface area contributed by atoms with E-state index in [9.17, 15) is 0 Å². The van der Waals surface area contributed by atoms with Gasteiger partial charge in [-0.2, -0.15) is 0 Å². The standard InChI is InChI=1S/C21H17N/c1-16-11-12-18-14-13-17-7-5-6-10-20(17)22(21(18)15-16)19-8-3-2-4-9-19/h2-15H,1H3. The van der Waals surface area contributed by atoms with Crippen molar-refractivity contribution in [2.24, 2.45) is 0 Å². The van der Waals surface area contributed by atoms with Crippen molar-refractivity contribution in [1.29, 1.82) is 0 Å². The normalized spacial score (nSPS) is 12.5. The van der Waals surface area contributed by atoms with Crippen LogP contribution in [0, 0.1) is 6.92 Å². The van der Waals surface area contributed by atoms with E-state index in [0.29, 0.717) is 0 Å². The highest BCUT2D eigenvalue weighted by Crippen LogP contribution is 2.41. The van der Waals surface area contributed by atoms with Gasteiger partial charge in [-0.3, -0.25) is 0 Å². The van der Waals surface area contributed by atoms with Crippen LogP contribution < -0.4 is 4.90 Å². The number of fused-ring (bicyclic) bond motifs is 2. The third-order valence-corrected chi connectivity index (χ3v) is 4.06. The van der Waals surface area contributed by atoms with Crippen molar-refractivity contribution < 1.29 is 0 Å². The molecule has 22 heavy (non-hydrogen) atoms. The number of para-hydroxylation sites is 2. The van der Waals surface area contributed by atoms with Gasteiger partial charge in [0.15, 0.2) is 0 Å². The summed E-state index contributed by atoms with van der Waals surface area (Å²) in [6.07, 6.45) is 4.41. The van der Waals surface area contributed by atoms with Crippen molar-refractivity contribution in [3.63, 3.8) is 0 Å². The summed E-state index contributed by atoms with van der Waals surface area (Å²) in [6, 6.07) is 25.7. The molecule has 4 rings (SSSR count). The van der Waals surface area contributed by atoms with Crippen LogP contribution in [-0.2, 0) is 0 Å². The highest BCUT2D eigenvalue weighted by molar-refractivity contribution is 5.93. The molecule has 0 fully saturated rings. The highest BCUT2D eigenvalue weighted by atomic mass is 15.1. The van der Waals surface area contributed by atoms with Gasteiger partial charge in [0.1, 0.15) is 0 Å². The van der Waals surface area contributed by atoms with Crippen LogP contribution in [0.1, 0.15) is 16.7 Å². The third-order valence-electron chi connectivity index (χ3n) is 4.06. The molecule has 0 aliphatic carbocycles. The Balaban J connectivity index is 2.03. The van der Waals surface area contributed by atoms with Gasteiger partial charge in [0, 0.05) is 5.69 Å². The average molecular weight is 283 g/mol.